The smallest absolute Gasteiger partial charge is 0.230 e. The van der Waals surface area contributed by atoms with Gasteiger partial charge >= 0.3 is 0 Å². The second kappa shape index (κ2) is 7.23. The second-order valence-corrected chi connectivity index (χ2v) is 10.3. The van der Waals surface area contributed by atoms with Crippen LogP contribution >= 0.6 is 0 Å². The lowest BCUT2D eigenvalue weighted by molar-refractivity contribution is 0.453. The Morgan fingerprint density at radius 1 is 0.586 bits per heavy atom. The molecule has 29 heavy (non-hydrogen) atoms. The zero-order valence-corrected chi connectivity index (χ0v) is 17.1. The average Bonchev–Trinajstić information content (AvgIpc) is 2.73. The Morgan fingerprint density at radius 2 is 0.966 bits per heavy atom. The van der Waals surface area contributed by atoms with Gasteiger partial charge in [0.15, 0.2) is 0 Å². The van der Waals surface area contributed by atoms with Crippen LogP contribution < -0.4 is 5.43 Å². The number of hydrogen-bond acceptors (Lipinski definition) is 5. The molecule has 0 saturated heterocycles. The van der Waals surface area contributed by atoms with Crippen LogP contribution in [0, 0.1) is 0 Å². The molecule has 0 fully saturated rings. The summed E-state index contributed by atoms with van der Waals surface area (Å²) in [5, 5.41) is 3.13. The molecule has 4 aromatic carbocycles. The first kappa shape index (κ1) is 19.5. The van der Waals surface area contributed by atoms with E-state index in [9.17, 15) is 16.8 Å². The van der Waals surface area contributed by atoms with Gasteiger partial charge in [-0.15, -0.1) is 0 Å². The van der Waals surface area contributed by atoms with Crippen molar-refractivity contribution in [3.63, 3.8) is 0 Å². The predicted octanol–water partition coefficient (Wildman–Crippen LogP) is 3.51. The SMILES string of the molecule is CNN(S(=O)(=O)c1ccc2ccccc2c1)S(=O)(=O)c1ccc2ccccc2c1. The molecule has 0 atom stereocenters. The van der Waals surface area contributed by atoms with Crippen molar-refractivity contribution in [3.05, 3.63) is 84.9 Å². The standard InChI is InChI=1S/C21H18N2O4S2/c1-22-23(28(24,25)20-12-10-16-6-2-4-8-18(16)14-20)29(26,27)21-13-11-17-7-3-5-9-19(17)15-21/h2-15,22H,1H3. The highest BCUT2D eigenvalue weighted by Gasteiger charge is 2.36. The van der Waals surface area contributed by atoms with Crippen molar-refractivity contribution in [1.29, 1.82) is 0 Å². The van der Waals surface area contributed by atoms with E-state index in [1.807, 2.05) is 24.3 Å². The van der Waals surface area contributed by atoms with Crippen molar-refractivity contribution in [2.75, 3.05) is 7.05 Å². The maximum Gasteiger partial charge on any atom is 0.269 e. The Hall–Kier alpha value is -2.78. The van der Waals surface area contributed by atoms with Gasteiger partial charge in [0.1, 0.15) is 0 Å². The third-order valence-electron chi connectivity index (χ3n) is 4.66. The molecule has 6 nitrogen and oxygen atoms in total. The first-order valence-electron chi connectivity index (χ1n) is 8.79. The highest BCUT2D eigenvalue weighted by molar-refractivity contribution is 8.04. The normalized spacial score (nSPS) is 12.6. The fourth-order valence-electron chi connectivity index (χ4n) is 3.22. The summed E-state index contributed by atoms with van der Waals surface area (Å²) >= 11 is 0. The number of hydrazine groups is 1. The molecule has 0 saturated carbocycles. The van der Waals surface area contributed by atoms with Crippen molar-refractivity contribution in [3.8, 4) is 0 Å². The topological polar surface area (TPSA) is 83.6 Å². The first-order valence-corrected chi connectivity index (χ1v) is 11.7. The van der Waals surface area contributed by atoms with Crippen molar-refractivity contribution >= 4 is 41.6 Å². The van der Waals surface area contributed by atoms with Gasteiger partial charge < -0.3 is 0 Å². The van der Waals surface area contributed by atoms with Crippen LogP contribution in [0.3, 0.4) is 0 Å². The Kier molecular flexibility index (Phi) is 4.87. The number of nitrogens with zero attached hydrogens (tertiary/aromatic N) is 1. The first-order chi connectivity index (χ1) is 13.8. The molecule has 0 bridgehead atoms. The molecule has 0 aliphatic carbocycles. The summed E-state index contributed by atoms with van der Waals surface area (Å²) in [6.45, 7) is 0. The zero-order chi connectivity index (χ0) is 20.6. The van der Waals surface area contributed by atoms with Crippen molar-refractivity contribution in [1.82, 2.24) is 9.25 Å². The molecule has 4 aromatic rings. The molecule has 1 N–H and O–H groups in total. The van der Waals surface area contributed by atoms with E-state index in [1.54, 1.807) is 36.4 Å². The minimum atomic E-state index is -4.37. The van der Waals surface area contributed by atoms with Gasteiger partial charge in [-0.25, -0.2) is 22.3 Å². The summed E-state index contributed by atoms with van der Waals surface area (Å²) in [6.07, 6.45) is 0. The second-order valence-electron chi connectivity index (χ2n) is 6.45. The molecule has 148 valence electrons. The molecule has 0 aromatic heterocycles. The van der Waals surface area contributed by atoms with Gasteiger partial charge in [-0.2, -0.15) is 0 Å². The Labute approximate surface area is 169 Å². The largest absolute Gasteiger partial charge is 0.269 e. The van der Waals surface area contributed by atoms with Crippen LogP contribution in [0.5, 0.6) is 0 Å². The molecule has 0 aliphatic heterocycles. The van der Waals surface area contributed by atoms with Crippen LogP contribution in [0.15, 0.2) is 94.7 Å². The third kappa shape index (κ3) is 3.40. The zero-order valence-electron chi connectivity index (χ0n) is 15.5. The summed E-state index contributed by atoms with van der Waals surface area (Å²) < 4.78 is 53.0. The Bertz CT molecular complexity index is 1320. The van der Waals surface area contributed by atoms with Crippen LogP contribution in [-0.2, 0) is 20.0 Å². The van der Waals surface area contributed by atoms with Gasteiger partial charge in [-0.05, 0) is 49.6 Å². The summed E-state index contributed by atoms with van der Waals surface area (Å²) in [5.74, 6) is 0. The average molecular weight is 427 g/mol. The maximum atomic E-state index is 13.2. The maximum absolute atomic E-state index is 13.2. The van der Waals surface area contributed by atoms with E-state index in [2.05, 4.69) is 5.43 Å². The van der Waals surface area contributed by atoms with E-state index >= 15 is 0 Å². The van der Waals surface area contributed by atoms with E-state index < -0.39 is 20.0 Å². The summed E-state index contributed by atoms with van der Waals surface area (Å²) in [6, 6.07) is 23.6. The molecular formula is C21H18N2O4S2. The number of benzene rings is 4. The predicted molar refractivity (Wildman–Crippen MR) is 113 cm³/mol. The number of fused-ring (bicyclic) bond motifs is 2. The van der Waals surface area contributed by atoms with Crippen LogP contribution in [-0.4, -0.2) is 27.7 Å². The van der Waals surface area contributed by atoms with Gasteiger partial charge in [0.25, 0.3) is 20.0 Å². The fourth-order valence-corrected chi connectivity index (χ4v) is 6.66. The molecular weight excluding hydrogens is 408 g/mol. The van der Waals surface area contributed by atoms with Crippen molar-refractivity contribution < 1.29 is 16.8 Å². The minimum absolute atomic E-state index is 0.116. The lowest BCUT2D eigenvalue weighted by Crippen LogP contribution is -2.44. The van der Waals surface area contributed by atoms with Crippen LogP contribution in [0.25, 0.3) is 21.5 Å². The summed E-state index contributed by atoms with van der Waals surface area (Å²) in [7, 11) is -7.47. The molecule has 0 spiro atoms. The van der Waals surface area contributed by atoms with Gasteiger partial charge in [-0.1, -0.05) is 60.7 Å². The molecule has 8 heteroatoms. The van der Waals surface area contributed by atoms with E-state index in [0.717, 1.165) is 10.8 Å². The molecule has 4 rings (SSSR count). The van der Waals surface area contributed by atoms with Gasteiger partial charge in [0.05, 0.1) is 9.79 Å². The highest BCUT2D eigenvalue weighted by atomic mass is 32.3. The van der Waals surface area contributed by atoms with Crippen LogP contribution in [0.2, 0.25) is 0 Å². The molecule has 0 radical (unpaired) electrons. The Balaban J connectivity index is 1.82. The van der Waals surface area contributed by atoms with Crippen LogP contribution in [0.4, 0.5) is 0 Å². The summed E-state index contributed by atoms with van der Waals surface area (Å²) in [4.78, 5) is -0.232. The number of rotatable bonds is 5. The fraction of sp³-hybridized carbons (Fsp3) is 0.0476. The van der Waals surface area contributed by atoms with Crippen molar-refractivity contribution in [2.24, 2.45) is 0 Å². The van der Waals surface area contributed by atoms with E-state index in [-0.39, 0.29) is 9.79 Å². The number of nitrogens with one attached hydrogen (secondary N) is 1. The van der Waals surface area contributed by atoms with Gasteiger partial charge in [0.2, 0.25) is 0 Å². The quantitative estimate of drug-likeness (QED) is 0.494. The van der Waals surface area contributed by atoms with Gasteiger partial charge in [-0.3, -0.25) is 0 Å². The molecule has 0 amide bonds. The van der Waals surface area contributed by atoms with Gasteiger partial charge in [0, 0.05) is 7.05 Å². The van der Waals surface area contributed by atoms with Crippen molar-refractivity contribution in [2.45, 2.75) is 9.79 Å². The van der Waals surface area contributed by atoms with E-state index in [4.69, 9.17) is 0 Å². The Morgan fingerprint density at radius 3 is 1.34 bits per heavy atom. The summed E-state index contributed by atoms with van der Waals surface area (Å²) in [5.41, 5.74) is 2.33. The number of hydrogen-bond donors (Lipinski definition) is 1. The third-order valence-corrected chi connectivity index (χ3v) is 8.77. The van der Waals surface area contributed by atoms with E-state index in [0.29, 0.717) is 14.6 Å². The molecule has 0 unspecified atom stereocenters. The van der Waals surface area contributed by atoms with E-state index in [1.165, 1.54) is 31.3 Å². The lowest BCUT2D eigenvalue weighted by Gasteiger charge is -2.21. The van der Waals surface area contributed by atoms with Crippen LogP contribution in [0.1, 0.15) is 0 Å². The number of sulfonamides is 2. The lowest BCUT2D eigenvalue weighted by atomic mass is 10.1. The minimum Gasteiger partial charge on any atom is -0.230 e. The molecule has 0 aliphatic rings. The molecule has 0 heterocycles. The highest BCUT2D eigenvalue weighted by Crippen LogP contribution is 2.27. The monoisotopic (exact) mass is 426 g/mol.